The summed E-state index contributed by atoms with van der Waals surface area (Å²) in [5.41, 5.74) is 3.05. The molecule has 0 radical (unpaired) electrons. The molecule has 0 aliphatic heterocycles. The van der Waals surface area contributed by atoms with Gasteiger partial charge in [0.1, 0.15) is 5.82 Å². The highest BCUT2D eigenvalue weighted by molar-refractivity contribution is 5.63. The van der Waals surface area contributed by atoms with Gasteiger partial charge >= 0.3 is 0 Å². The van der Waals surface area contributed by atoms with E-state index in [2.05, 4.69) is 10.2 Å². The van der Waals surface area contributed by atoms with Gasteiger partial charge in [-0.3, -0.25) is 5.10 Å². The molecule has 15 heavy (non-hydrogen) atoms. The highest BCUT2D eigenvalue weighted by atomic mass is 19.1. The number of benzene rings is 1. The van der Waals surface area contributed by atoms with Crippen LogP contribution in [0.25, 0.3) is 11.3 Å². The van der Waals surface area contributed by atoms with E-state index in [1.165, 1.54) is 12.1 Å². The van der Waals surface area contributed by atoms with Crippen LogP contribution in [0.15, 0.2) is 24.3 Å². The van der Waals surface area contributed by atoms with Gasteiger partial charge in [-0.15, -0.1) is 0 Å². The summed E-state index contributed by atoms with van der Waals surface area (Å²) in [6.07, 6.45) is 0. The summed E-state index contributed by atoms with van der Waals surface area (Å²) in [6.45, 7) is 1.76. The molecule has 0 aliphatic rings. The number of halogens is 1. The van der Waals surface area contributed by atoms with E-state index in [4.69, 9.17) is 5.11 Å². The predicted octanol–water partition coefficient (Wildman–Crippen LogP) is 2.02. The number of hydrogen-bond donors (Lipinski definition) is 2. The highest BCUT2D eigenvalue weighted by Crippen LogP contribution is 2.23. The molecule has 3 nitrogen and oxygen atoms in total. The molecular weight excluding hydrogens is 195 g/mol. The van der Waals surface area contributed by atoms with Crippen molar-refractivity contribution in [1.82, 2.24) is 10.2 Å². The van der Waals surface area contributed by atoms with E-state index in [1.54, 1.807) is 12.1 Å². The van der Waals surface area contributed by atoms with Crippen LogP contribution in [0.5, 0.6) is 0 Å². The molecule has 4 heteroatoms. The van der Waals surface area contributed by atoms with Crippen LogP contribution in [0.1, 0.15) is 11.3 Å². The SMILES string of the molecule is Cc1[nH]nc(-c2ccc(F)cc2)c1CO. The van der Waals surface area contributed by atoms with Gasteiger partial charge in [-0.1, -0.05) is 0 Å². The van der Waals surface area contributed by atoms with Crippen LogP contribution in [0.3, 0.4) is 0 Å². The minimum Gasteiger partial charge on any atom is -0.392 e. The number of aliphatic hydroxyl groups is 1. The predicted molar refractivity (Wildman–Crippen MR) is 54.6 cm³/mol. The molecule has 78 valence electrons. The van der Waals surface area contributed by atoms with Crippen molar-refractivity contribution in [2.75, 3.05) is 0 Å². The van der Waals surface area contributed by atoms with E-state index < -0.39 is 0 Å². The number of hydrogen-bond acceptors (Lipinski definition) is 2. The number of aromatic amines is 1. The van der Waals surface area contributed by atoms with Gasteiger partial charge in [0.05, 0.1) is 12.3 Å². The summed E-state index contributed by atoms with van der Waals surface area (Å²) >= 11 is 0. The van der Waals surface area contributed by atoms with Crippen LogP contribution in [-0.2, 0) is 6.61 Å². The fraction of sp³-hybridized carbons (Fsp3) is 0.182. The van der Waals surface area contributed by atoms with Gasteiger partial charge in [-0.05, 0) is 31.2 Å². The Morgan fingerprint density at radius 1 is 1.33 bits per heavy atom. The first-order valence-corrected chi connectivity index (χ1v) is 4.63. The minimum absolute atomic E-state index is 0.0744. The molecule has 0 bridgehead atoms. The van der Waals surface area contributed by atoms with Gasteiger partial charge in [-0.25, -0.2) is 4.39 Å². The Labute approximate surface area is 86.6 Å². The second-order valence-corrected chi connectivity index (χ2v) is 3.34. The molecule has 0 amide bonds. The van der Waals surface area contributed by atoms with Crippen molar-refractivity contribution in [3.63, 3.8) is 0 Å². The molecular formula is C11H11FN2O. The van der Waals surface area contributed by atoms with Crippen LogP contribution in [0.4, 0.5) is 4.39 Å². The number of aromatic nitrogens is 2. The summed E-state index contributed by atoms with van der Waals surface area (Å²) < 4.78 is 12.7. The quantitative estimate of drug-likeness (QED) is 0.789. The molecule has 0 atom stereocenters. The molecule has 2 rings (SSSR count). The van der Waals surface area contributed by atoms with E-state index in [9.17, 15) is 4.39 Å². The van der Waals surface area contributed by atoms with Gasteiger partial charge in [0, 0.05) is 16.8 Å². The highest BCUT2D eigenvalue weighted by Gasteiger charge is 2.10. The summed E-state index contributed by atoms with van der Waals surface area (Å²) in [5, 5.41) is 16.0. The Bertz CT molecular complexity index is 462. The first-order valence-electron chi connectivity index (χ1n) is 4.63. The molecule has 1 heterocycles. The second-order valence-electron chi connectivity index (χ2n) is 3.34. The lowest BCUT2D eigenvalue weighted by molar-refractivity contribution is 0.281. The van der Waals surface area contributed by atoms with Crippen LogP contribution in [-0.4, -0.2) is 15.3 Å². The van der Waals surface area contributed by atoms with Crippen molar-refractivity contribution in [2.24, 2.45) is 0 Å². The molecule has 0 spiro atoms. The number of nitrogens with zero attached hydrogens (tertiary/aromatic N) is 1. The molecule has 0 saturated heterocycles. The van der Waals surface area contributed by atoms with Crippen molar-refractivity contribution in [3.05, 3.63) is 41.3 Å². The van der Waals surface area contributed by atoms with Crippen molar-refractivity contribution >= 4 is 0 Å². The van der Waals surface area contributed by atoms with Crippen LogP contribution in [0.2, 0.25) is 0 Å². The van der Waals surface area contributed by atoms with Gasteiger partial charge in [0.25, 0.3) is 0 Å². The Balaban J connectivity index is 2.49. The first kappa shape index (κ1) is 9.86. The maximum absolute atomic E-state index is 12.7. The Hall–Kier alpha value is -1.68. The average molecular weight is 206 g/mol. The Morgan fingerprint density at radius 2 is 2.00 bits per heavy atom. The molecule has 1 aromatic carbocycles. The lowest BCUT2D eigenvalue weighted by Gasteiger charge is -2.00. The van der Waals surface area contributed by atoms with Crippen LogP contribution < -0.4 is 0 Å². The average Bonchev–Trinajstić information content (AvgIpc) is 2.61. The third kappa shape index (κ3) is 1.76. The van der Waals surface area contributed by atoms with Gasteiger partial charge < -0.3 is 5.11 Å². The molecule has 1 aromatic heterocycles. The lowest BCUT2D eigenvalue weighted by Crippen LogP contribution is -1.88. The third-order valence-corrected chi connectivity index (χ3v) is 2.35. The third-order valence-electron chi connectivity index (χ3n) is 2.35. The maximum Gasteiger partial charge on any atom is 0.123 e. The number of nitrogens with one attached hydrogen (secondary N) is 1. The molecule has 0 unspecified atom stereocenters. The van der Waals surface area contributed by atoms with Crippen LogP contribution >= 0.6 is 0 Å². The van der Waals surface area contributed by atoms with Gasteiger partial charge in [0.15, 0.2) is 0 Å². The summed E-state index contributed by atoms with van der Waals surface area (Å²) in [7, 11) is 0. The largest absolute Gasteiger partial charge is 0.392 e. The normalized spacial score (nSPS) is 10.6. The topological polar surface area (TPSA) is 48.9 Å². The zero-order valence-electron chi connectivity index (χ0n) is 8.29. The Morgan fingerprint density at radius 3 is 2.60 bits per heavy atom. The lowest BCUT2D eigenvalue weighted by atomic mass is 10.1. The molecule has 2 N–H and O–H groups in total. The second kappa shape index (κ2) is 3.82. The van der Waals surface area contributed by atoms with E-state index in [-0.39, 0.29) is 12.4 Å². The van der Waals surface area contributed by atoms with Crippen LogP contribution in [0, 0.1) is 12.7 Å². The minimum atomic E-state index is -0.281. The number of aryl methyl sites for hydroxylation is 1. The van der Waals surface area contributed by atoms with E-state index in [0.717, 1.165) is 16.8 Å². The van der Waals surface area contributed by atoms with E-state index in [1.807, 2.05) is 6.92 Å². The first-order chi connectivity index (χ1) is 7.22. The van der Waals surface area contributed by atoms with Crippen molar-refractivity contribution in [2.45, 2.75) is 13.5 Å². The monoisotopic (exact) mass is 206 g/mol. The van der Waals surface area contributed by atoms with E-state index in [0.29, 0.717) is 5.69 Å². The summed E-state index contributed by atoms with van der Waals surface area (Å²) in [5.74, 6) is -0.281. The van der Waals surface area contributed by atoms with E-state index >= 15 is 0 Å². The Kier molecular flexibility index (Phi) is 2.51. The molecule has 0 aliphatic carbocycles. The zero-order valence-corrected chi connectivity index (χ0v) is 8.29. The van der Waals surface area contributed by atoms with Crippen molar-refractivity contribution < 1.29 is 9.50 Å². The van der Waals surface area contributed by atoms with Gasteiger partial charge in [0.2, 0.25) is 0 Å². The number of H-pyrrole nitrogens is 1. The maximum atomic E-state index is 12.7. The molecule has 2 aromatic rings. The standard InChI is InChI=1S/C11H11FN2O/c1-7-10(6-15)11(14-13-7)8-2-4-9(12)5-3-8/h2-5,15H,6H2,1H3,(H,13,14). The fourth-order valence-corrected chi connectivity index (χ4v) is 1.49. The number of rotatable bonds is 2. The molecule has 0 fully saturated rings. The van der Waals surface area contributed by atoms with Crippen molar-refractivity contribution in [1.29, 1.82) is 0 Å². The molecule has 0 saturated carbocycles. The zero-order chi connectivity index (χ0) is 10.8. The summed E-state index contributed by atoms with van der Waals surface area (Å²) in [6, 6.07) is 6.04. The fourth-order valence-electron chi connectivity index (χ4n) is 1.49. The summed E-state index contributed by atoms with van der Waals surface area (Å²) in [4.78, 5) is 0. The van der Waals surface area contributed by atoms with Crippen molar-refractivity contribution in [3.8, 4) is 11.3 Å². The number of aliphatic hydroxyl groups excluding tert-OH is 1. The smallest absolute Gasteiger partial charge is 0.123 e. The van der Waals surface area contributed by atoms with Gasteiger partial charge in [-0.2, -0.15) is 5.10 Å².